The zero-order valence-electron chi connectivity index (χ0n) is 10.2. The van der Waals surface area contributed by atoms with E-state index in [9.17, 15) is 4.39 Å². The molecule has 2 aromatic rings. The van der Waals surface area contributed by atoms with Crippen LogP contribution in [-0.2, 0) is 0 Å². The van der Waals surface area contributed by atoms with Crippen LogP contribution in [0.15, 0.2) is 40.9 Å². The molecule has 2 N–H and O–H groups in total. The lowest BCUT2D eigenvalue weighted by Gasteiger charge is -2.15. The Morgan fingerprint density at radius 2 is 2.00 bits per heavy atom. The summed E-state index contributed by atoms with van der Waals surface area (Å²) in [5.74, 6) is 0.254. The minimum atomic E-state index is -0.473. The van der Waals surface area contributed by atoms with Crippen molar-refractivity contribution in [2.45, 2.75) is 6.04 Å². The van der Waals surface area contributed by atoms with Crippen molar-refractivity contribution in [1.29, 1.82) is 0 Å². The van der Waals surface area contributed by atoms with Crippen LogP contribution in [0.4, 0.5) is 4.39 Å². The first-order valence-corrected chi connectivity index (χ1v) is 6.74. The van der Waals surface area contributed by atoms with Gasteiger partial charge >= 0.3 is 0 Å². The zero-order valence-corrected chi connectivity index (χ0v) is 12.5. The number of nitrogens with two attached hydrogens (primary N) is 1. The molecule has 0 aliphatic rings. The minimum absolute atomic E-state index is 0.0877. The van der Waals surface area contributed by atoms with Crippen LogP contribution in [-0.4, -0.2) is 7.11 Å². The second kappa shape index (κ2) is 5.90. The summed E-state index contributed by atoms with van der Waals surface area (Å²) in [6, 6.07) is 9.61. The van der Waals surface area contributed by atoms with Crippen molar-refractivity contribution in [2.24, 2.45) is 5.73 Å². The number of methoxy groups -OCH3 is 1. The molecule has 0 aliphatic heterocycles. The third-order valence-corrected chi connectivity index (χ3v) is 3.84. The third kappa shape index (κ3) is 3.08. The molecule has 2 aromatic carbocycles. The molecule has 0 saturated carbocycles. The quantitative estimate of drug-likeness (QED) is 0.901. The summed E-state index contributed by atoms with van der Waals surface area (Å²) < 4.78 is 19.4. The Morgan fingerprint density at radius 3 is 2.58 bits per heavy atom. The molecule has 1 unspecified atom stereocenters. The van der Waals surface area contributed by atoms with Gasteiger partial charge in [-0.05, 0) is 35.4 Å². The highest BCUT2D eigenvalue weighted by Gasteiger charge is 2.14. The maximum Gasteiger partial charge on any atom is 0.142 e. The van der Waals surface area contributed by atoms with E-state index in [-0.39, 0.29) is 5.02 Å². The largest absolute Gasteiger partial charge is 0.497 e. The summed E-state index contributed by atoms with van der Waals surface area (Å²) in [4.78, 5) is 0. The Kier molecular flexibility index (Phi) is 4.45. The molecule has 1 atom stereocenters. The number of ether oxygens (including phenoxy) is 1. The van der Waals surface area contributed by atoms with Crippen LogP contribution >= 0.6 is 27.5 Å². The molecule has 0 amide bonds. The molecule has 2 nitrogen and oxygen atoms in total. The predicted molar refractivity (Wildman–Crippen MR) is 78.1 cm³/mol. The molecule has 5 heteroatoms. The maximum absolute atomic E-state index is 13.5. The monoisotopic (exact) mass is 343 g/mol. The lowest BCUT2D eigenvalue weighted by molar-refractivity contribution is 0.414. The standard InChI is InChI=1S/C14H12BrClFNO/c1-19-9-3-4-10(11(15)7-9)14(18)8-2-5-12(16)13(17)6-8/h2-7,14H,18H2,1H3. The molecule has 0 bridgehead atoms. The first-order valence-electron chi connectivity index (χ1n) is 5.57. The number of hydrogen-bond donors (Lipinski definition) is 1. The summed E-state index contributed by atoms with van der Waals surface area (Å²) in [6.45, 7) is 0. The van der Waals surface area contributed by atoms with E-state index in [0.717, 1.165) is 15.8 Å². The molecule has 100 valence electrons. The van der Waals surface area contributed by atoms with Crippen LogP contribution in [0.1, 0.15) is 17.2 Å². The van der Waals surface area contributed by atoms with Crippen molar-refractivity contribution in [3.63, 3.8) is 0 Å². The fourth-order valence-electron chi connectivity index (χ4n) is 1.77. The van der Waals surface area contributed by atoms with E-state index in [1.54, 1.807) is 13.2 Å². The summed E-state index contributed by atoms with van der Waals surface area (Å²) >= 11 is 9.10. The van der Waals surface area contributed by atoms with Gasteiger partial charge in [0, 0.05) is 4.47 Å². The molecule has 19 heavy (non-hydrogen) atoms. The van der Waals surface area contributed by atoms with E-state index < -0.39 is 11.9 Å². The smallest absolute Gasteiger partial charge is 0.142 e. The SMILES string of the molecule is COc1ccc(C(N)c2ccc(Cl)c(F)c2)c(Br)c1. The number of halogens is 3. The summed E-state index contributed by atoms with van der Waals surface area (Å²) in [6.07, 6.45) is 0. The molecule has 0 aliphatic carbocycles. The number of benzene rings is 2. The van der Waals surface area contributed by atoms with Gasteiger partial charge in [-0.25, -0.2) is 4.39 Å². The Hall–Kier alpha value is -1.10. The first kappa shape index (κ1) is 14.3. The van der Waals surface area contributed by atoms with Crippen molar-refractivity contribution in [3.05, 3.63) is 62.8 Å². The average molecular weight is 345 g/mol. The summed E-state index contributed by atoms with van der Waals surface area (Å²) in [5.41, 5.74) is 7.66. The predicted octanol–water partition coefficient (Wildman–Crippen LogP) is 4.30. The second-order valence-corrected chi connectivity index (χ2v) is 5.30. The average Bonchev–Trinajstić information content (AvgIpc) is 2.41. The van der Waals surface area contributed by atoms with Crippen molar-refractivity contribution in [2.75, 3.05) is 7.11 Å². The molecular formula is C14H12BrClFNO. The molecule has 0 radical (unpaired) electrons. The van der Waals surface area contributed by atoms with E-state index in [1.807, 2.05) is 18.2 Å². The van der Waals surface area contributed by atoms with Gasteiger partial charge in [0.1, 0.15) is 11.6 Å². The lowest BCUT2D eigenvalue weighted by atomic mass is 9.99. The van der Waals surface area contributed by atoms with Crippen LogP contribution in [0.5, 0.6) is 5.75 Å². The number of hydrogen-bond acceptors (Lipinski definition) is 2. The molecule has 0 spiro atoms. The topological polar surface area (TPSA) is 35.2 Å². The molecule has 0 heterocycles. The van der Waals surface area contributed by atoms with Crippen LogP contribution in [0.25, 0.3) is 0 Å². The van der Waals surface area contributed by atoms with Crippen molar-refractivity contribution >= 4 is 27.5 Å². The van der Waals surface area contributed by atoms with Crippen LogP contribution < -0.4 is 10.5 Å². The van der Waals surface area contributed by atoms with Gasteiger partial charge in [0.2, 0.25) is 0 Å². The van der Waals surface area contributed by atoms with E-state index in [2.05, 4.69) is 15.9 Å². The zero-order chi connectivity index (χ0) is 14.0. The summed E-state index contributed by atoms with van der Waals surface area (Å²) in [5, 5.41) is 0.0877. The molecule has 0 fully saturated rings. The van der Waals surface area contributed by atoms with Gasteiger partial charge in [-0.3, -0.25) is 0 Å². The highest BCUT2D eigenvalue weighted by atomic mass is 79.9. The van der Waals surface area contributed by atoms with Crippen molar-refractivity contribution in [1.82, 2.24) is 0 Å². The van der Waals surface area contributed by atoms with E-state index >= 15 is 0 Å². The van der Waals surface area contributed by atoms with Crippen LogP contribution in [0, 0.1) is 5.82 Å². The van der Waals surface area contributed by atoms with Gasteiger partial charge in [0.15, 0.2) is 0 Å². The number of rotatable bonds is 3. The van der Waals surface area contributed by atoms with Gasteiger partial charge in [0.25, 0.3) is 0 Å². The Bertz CT molecular complexity index is 606. The minimum Gasteiger partial charge on any atom is -0.497 e. The Morgan fingerprint density at radius 1 is 1.26 bits per heavy atom. The highest BCUT2D eigenvalue weighted by Crippen LogP contribution is 2.31. The van der Waals surface area contributed by atoms with Gasteiger partial charge < -0.3 is 10.5 Å². The van der Waals surface area contributed by atoms with E-state index in [1.165, 1.54) is 12.1 Å². The van der Waals surface area contributed by atoms with Crippen LogP contribution in [0.2, 0.25) is 5.02 Å². The normalized spacial score (nSPS) is 12.3. The molecule has 0 saturated heterocycles. The third-order valence-electron chi connectivity index (χ3n) is 2.85. The highest BCUT2D eigenvalue weighted by molar-refractivity contribution is 9.10. The van der Waals surface area contributed by atoms with Crippen molar-refractivity contribution < 1.29 is 9.13 Å². The van der Waals surface area contributed by atoms with E-state index in [0.29, 0.717) is 5.56 Å². The van der Waals surface area contributed by atoms with Crippen LogP contribution in [0.3, 0.4) is 0 Å². The lowest BCUT2D eigenvalue weighted by Crippen LogP contribution is -2.12. The van der Waals surface area contributed by atoms with Crippen molar-refractivity contribution in [3.8, 4) is 5.75 Å². The van der Waals surface area contributed by atoms with Gasteiger partial charge in [-0.15, -0.1) is 0 Å². The molecule has 0 aromatic heterocycles. The van der Waals surface area contributed by atoms with Gasteiger partial charge in [-0.1, -0.05) is 39.7 Å². The summed E-state index contributed by atoms with van der Waals surface area (Å²) in [7, 11) is 1.59. The molecule has 2 rings (SSSR count). The maximum atomic E-state index is 13.5. The van der Waals surface area contributed by atoms with Gasteiger partial charge in [0.05, 0.1) is 18.2 Å². The first-order chi connectivity index (χ1) is 9.02. The second-order valence-electron chi connectivity index (χ2n) is 4.04. The Balaban J connectivity index is 2.38. The Labute approximate surface area is 124 Å². The molecular weight excluding hydrogens is 333 g/mol. The fourth-order valence-corrected chi connectivity index (χ4v) is 2.49. The van der Waals surface area contributed by atoms with Gasteiger partial charge in [-0.2, -0.15) is 0 Å². The van der Waals surface area contributed by atoms with E-state index in [4.69, 9.17) is 22.1 Å². The fraction of sp³-hybridized carbons (Fsp3) is 0.143.